The Bertz CT molecular complexity index is 412. The molecule has 1 aliphatic rings. The Labute approximate surface area is 120 Å². The van der Waals surface area contributed by atoms with Crippen molar-refractivity contribution in [3.8, 4) is 5.75 Å². The zero-order valence-electron chi connectivity index (χ0n) is 12.1. The highest BCUT2D eigenvalue weighted by Crippen LogP contribution is 2.28. The first-order chi connectivity index (χ1) is 9.74. The second-order valence-electron chi connectivity index (χ2n) is 5.32. The number of nitrogens with one attached hydrogen (secondary N) is 1. The van der Waals surface area contributed by atoms with Gasteiger partial charge in [-0.25, -0.2) is 0 Å². The van der Waals surface area contributed by atoms with Crippen LogP contribution in [0.1, 0.15) is 24.8 Å². The first-order valence-electron chi connectivity index (χ1n) is 7.28. The van der Waals surface area contributed by atoms with Crippen LogP contribution in [0.3, 0.4) is 0 Å². The number of ether oxygens (including phenoxy) is 2. The van der Waals surface area contributed by atoms with E-state index in [2.05, 4.69) is 5.32 Å². The SMILES string of the molecule is Cc1ccc(OCC(=O)NCCCOCC2CC2)cc1. The first-order valence-corrected chi connectivity index (χ1v) is 7.28. The van der Waals surface area contributed by atoms with E-state index in [1.807, 2.05) is 31.2 Å². The summed E-state index contributed by atoms with van der Waals surface area (Å²) >= 11 is 0. The van der Waals surface area contributed by atoms with Gasteiger partial charge in [-0.1, -0.05) is 17.7 Å². The lowest BCUT2D eigenvalue weighted by molar-refractivity contribution is -0.123. The minimum absolute atomic E-state index is 0.0615. The van der Waals surface area contributed by atoms with E-state index in [4.69, 9.17) is 9.47 Å². The fraction of sp³-hybridized carbons (Fsp3) is 0.562. The van der Waals surface area contributed by atoms with Crippen molar-refractivity contribution in [2.24, 2.45) is 5.92 Å². The molecule has 4 heteroatoms. The van der Waals surface area contributed by atoms with Crippen LogP contribution < -0.4 is 10.1 Å². The average molecular weight is 277 g/mol. The van der Waals surface area contributed by atoms with Crippen molar-refractivity contribution in [3.05, 3.63) is 29.8 Å². The first kappa shape index (κ1) is 14.9. The van der Waals surface area contributed by atoms with Crippen molar-refractivity contribution in [2.75, 3.05) is 26.4 Å². The van der Waals surface area contributed by atoms with Crippen LogP contribution in [0, 0.1) is 12.8 Å². The third-order valence-electron chi connectivity index (χ3n) is 3.23. The fourth-order valence-corrected chi connectivity index (χ4v) is 1.77. The predicted molar refractivity (Wildman–Crippen MR) is 77.8 cm³/mol. The molecule has 1 fully saturated rings. The number of carbonyl (C=O) groups is 1. The minimum Gasteiger partial charge on any atom is -0.484 e. The second-order valence-corrected chi connectivity index (χ2v) is 5.32. The van der Waals surface area contributed by atoms with Crippen LogP contribution >= 0.6 is 0 Å². The van der Waals surface area contributed by atoms with Crippen molar-refractivity contribution >= 4 is 5.91 Å². The zero-order chi connectivity index (χ0) is 14.2. The Morgan fingerprint density at radius 2 is 2.05 bits per heavy atom. The van der Waals surface area contributed by atoms with Crippen LogP contribution in [0.15, 0.2) is 24.3 Å². The molecule has 0 radical (unpaired) electrons. The number of amides is 1. The van der Waals surface area contributed by atoms with Crippen molar-refractivity contribution < 1.29 is 14.3 Å². The van der Waals surface area contributed by atoms with Crippen molar-refractivity contribution in [1.29, 1.82) is 0 Å². The number of carbonyl (C=O) groups excluding carboxylic acids is 1. The van der Waals surface area contributed by atoms with E-state index in [0.717, 1.165) is 31.3 Å². The number of hydrogen-bond acceptors (Lipinski definition) is 3. The van der Waals surface area contributed by atoms with E-state index < -0.39 is 0 Å². The van der Waals surface area contributed by atoms with Gasteiger partial charge < -0.3 is 14.8 Å². The number of rotatable bonds is 9. The molecule has 2 rings (SSSR count). The molecule has 1 aromatic rings. The molecule has 1 saturated carbocycles. The summed E-state index contributed by atoms with van der Waals surface area (Å²) in [5.74, 6) is 1.43. The smallest absolute Gasteiger partial charge is 0.257 e. The molecule has 1 N–H and O–H groups in total. The lowest BCUT2D eigenvalue weighted by atomic mass is 10.2. The maximum atomic E-state index is 11.6. The normalized spacial score (nSPS) is 14.1. The van der Waals surface area contributed by atoms with Crippen LogP contribution in [-0.2, 0) is 9.53 Å². The largest absolute Gasteiger partial charge is 0.484 e. The van der Waals surface area contributed by atoms with E-state index in [1.165, 1.54) is 18.4 Å². The van der Waals surface area contributed by atoms with Crippen LogP contribution in [0.5, 0.6) is 5.75 Å². The van der Waals surface area contributed by atoms with E-state index >= 15 is 0 Å². The number of benzene rings is 1. The quantitative estimate of drug-likeness (QED) is 0.705. The minimum atomic E-state index is -0.0900. The molecule has 4 nitrogen and oxygen atoms in total. The van der Waals surface area contributed by atoms with Gasteiger partial charge in [-0.3, -0.25) is 4.79 Å². The van der Waals surface area contributed by atoms with Gasteiger partial charge in [0, 0.05) is 19.8 Å². The summed E-state index contributed by atoms with van der Waals surface area (Å²) in [7, 11) is 0. The maximum Gasteiger partial charge on any atom is 0.257 e. The van der Waals surface area contributed by atoms with Gasteiger partial charge in [-0.05, 0) is 44.2 Å². The van der Waals surface area contributed by atoms with Gasteiger partial charge in [0.2, 0.25) is 0 Å². The molecule has 0 saturated heterocycles. The second kappa shape index (κ2) is 7.90. The molecule has 110 valence electrons. The van der Waals surface area contributed by atoms with Crippen molar-refractivity contribution in [2.45, 2.75) is 26.2 Å². The molecule has 1 aromatic carbocycles. The predicted octanol–water partition coefficient (Wildman–Crippen LogP) is 2.31. The van der Waals surface area contributed by atoms with Crippen LogP contribution in [0.25, 0.3) is 0 Å². The van der Waals surface area contributed by atoms with E-state index in [1.54, 1.807) is 0 Å². The molecule has 1 aliphatic carbocycles. The highest BCUT2D eigenvalue weighted by molar-refractivity contribution is 5.77. The molecular weight excluding hydrogens is 254 g/mol. The maximum absolute atomic E-state index is 11.6. The Morgan fingerprint density at radius 3 is 2.75 bits per heavy atom. The molecular formula is C16H23NO3. The van der Waals surface area contributed by atoms with Gasteiger partial charge in [-0.2, -0.15) is 0 Å². The number of aryl methyl sites for hydroxylation is 1. The molecule has 0 bridgehead atoms. The summed E-state index contributed by atoms with van der Waals surface area (Å²) in [5.41, 5.74) is 1.17. The Hall–Kier alpha value is -1.55. The summed E-state index contributed by atoms with van der Waals surface area (Å²) in [6.07, 6.45) is 3.48. The van der Waals surface area contributed by atoms with Gasteiger partial charge in [-0.15, -0.1) is 0 Å². The Balaban J connectivity index is 1.48. The highest BCUT2D eigenvalue weighted by Gasteiger charge is 2.20. The Morgan fingerprint density at radius 1 is 1.30 bits per heavy atom. The molecule has 20 heavy (non-hydrogen) atoms. The lowest BCUT2D eigenvalue weighted by Crippen LogP contribution is -2.30. The molecule has 0 spiro atoms. The molecule has 1 amide bonds. The van der Waals surface area contributed by atoms with Gasteiger partial charge in [0.15, 0.2) is 6.61 Å². The van der Waals surface area contributed by atoms with E-state index in [-0.39, 0.29) is 12.5 Å². The molecule has 0 unspecified atom stereocenters. The number of hydrogen-bond donors (Lipinski definition) is 1. The Kier molecular flexibility index (Phi) is 5.87. The van der Waals surface area contributed by atoms with Crippen LogP contribution in [0.4, 0.5) is 0 Å². The standard InChI is InChI=1S/C16H23NO3/c1-13-3-7-15(8-4-13)20-12-16(18)17-9-2-10-19-11-14-5-6-14/h3-4,7-8,14H,2,5-6,9-12H2,1H3,(H,17,18). The van der Waals surface area contributed by atoms with Gasteiger partial charge in [0.1, 0.15) is 5.75 Å². The lowest BCUT2D eigenvalue weighted by Gasteiger charge is -2.08. The van der Waals surface area contributed by atoms with E-state index in [0.29, 0.717) is 6.54 Å². The van der Waals surface area contributed by atoms with Gasteiger partial charge in [0.25, 0.3) is 5.91 Å². The van der Waals surface area contributed by atoms with Crippen molar-refractivity contribution in [1.82, 2.24) is 5.32 Å². The van der Waals surface area contributed by atoms with Crippen LogP contribution in [-0.4, -0.2) is 32.3 Å². The zero-order valence-corrected chi connectivity index (χ0v) is 12.1. The average Bonchev–Trinajstić information content (AvgIpc) is 3.26. The molecule has 0 atom stereocenters. The third kappa shape index (κ3) is 6.06. The monoisotopic (exact) mass is 277 g/mol. The molecule has 0 aliphatic heterocycles. The van der Waals surface area contributed by atoms with E-state index in [9.17, 15) is 4.79 Å². The fourth-order valence-electron chi connectivity index (χ4n) is 1.77. The summed E-state index contributed by atoms with van der Waals surface area (Å²) in [6.45, 7) is 4.31. The van der Waals surface area contributed by atoms with Crippen LogP contribution in [0.2, 0.25) is 0 Å². The highest BCUT2D eigenvalue weighted by atomic mass is 16.5. The van der Waals surface area contributed by atoms with Crippen molar-refractivity contribution in [3.63, 3.8) is 0 Å². The summed E-state index contributed by atoms with van der Waals surface area (Å²) < 4.78 is 10.9. The van der Waals surface area contributed by atoms with Gasteiger partial charge in [0.05, 0.1) is 0 Å². The third-order valence-corrected chi connectivity index (χ3v) is 3.23. The summed E-state index contributed by atoms with van der Waals surface area (Å²) in [4.78, 5) is 11.6. The summed E-state index contributed by atoms with van der Waals surface area (Å²) in [5, 5.41) is 2.82. The van der Waals surface area contributed by atoms with Gasteiger partial charge >= 0.3 is 0 Å². The summed E-state index contributed by atoms with van der Waals surface area (Å²) in [6, 6.07) is 7.66. The topological polar surface area (TPSA) is 47.6 Å². The molecule has 0 aromatic heterocycles. The molecule has 0 heterocycles.